The fourth-order valence-corrected chi connectivity index (χ4v) is 3.53. The van der Waals surface area contributed by atoms with E-state index in [4.69, 9.17) is 15.0 Å². The molecule has 3 N–H and O–H groups in total. The summed E-state index contributed by atoms with van der Waals surface area (Å²) in [4.78, 5) is 18.7. The minimum Gasteiger partial charge on any atom is -0.369 e. The van der Waals surface area contributed by atoms with Crippen LogP contribution in [-0.4, -0.2) is 57.1 Å². The van der Waals surface area contributed by atoms with Gasteiger partial charge in [-0.1, -0.05) is 23.4 Å². The molecule has 0 unspecified atom stereocenters. The van der Waals surface area contributed by atoms with Crippen molar-refractivity contribution in [3.05, 3.63) is 30.3 Å². The number of halogens is 3. The van der Waals surface area contributed by atoms with E-state index in [0.29, 0.717) is 31.6 Å². The lowest BCUT2D eigenvalue weighted by Gasteiger charge is -2.28. The lowest BCUT2D eigenvalue weighted by atomic mass is 9.93. The molecule has 2 aromatic heterocycles. The number of anilines is 4. The fourth-order valence-electron chi connectivity index (χ4n) is 3.53. The average molecular weight is 464 g/mol. The zero-order valence-corrected chi connectivity index (χ0v) is 17.8. The number of benzene rings is 1. The molecule has 10 nitrogen and oxygen atoms in total. The zero-order chi connectivity index (χ0) is 23.4. The van der Waals surface area contributed by atoms with Gasteiger partial charge in [-0.05, 0) is 37.8 Å². The van der Waals surface area contributed by atoms with Gasteiger partial charge in [0.15, 0.2) is 0 Å². The largest absolute Gasteiger partial charge is 0.411 e. The van der Waals surface area contributed by atoms with E-state index in [9.17, 15) is 13.2 Å². The first-order valence-electron chi connectivity index (χ1n) is 10.4. The minimum atomic E-state index is -4.32. The molecule has 33 heavy (non-hydrogen) atoms. The summed E-state index contributed by atoms with van der Waals surface area (Å²) in [5.41, 5.74) is 6.72. The van der Waals surface area contributed by atoms with Crippen LogP contribution in [-0.2, 0) is 4.74 Å². The van der Waals surface area contributed by atoms with E-state index < -0.39 is 18.9 Å². The maximum Gasteiger partial charge on any atom is 0.411 e. The van der Waals surface area contributed by atoms with Crippen LogP contribution in [0.1, 0.15) is 25.7 Å². The van der Waals surface area contributed by atoms with E-state index in [1.807, 2.05) is 30.3 Å². The third-order valence-corrected chi connectivity index (χ3v) is 5.19. The second-order valence-electron chi connectivity index (χ2n) is 7.68. The van der Waals surface area contributed by atoms with Gasteiger partial charge in [-0.15, -0.1) is 0 Å². The highest BCUT2D eigenvalue weighted by molar-refractivity contribution is 5.59. The van der Waals surface area contributed by atoms with Gasteiger partial charge in [0.2, 0.25) is 23.5 Å². The second-order valence-corrected chi connectivity index (χ2v) is 7.68. The molecule has 3 aromatic rings. The molecule has 0 atom stereocenters. The standard InChI is InChI=1S/C20H23F3N8O2/c1-31(13-5-3-2-4-6-13)18-27-15(26-17(24)29-18)16-28-19(33-30-16)25-12-7-9-14(10-8-12)32-11-20(21,22)23/h2-6,12,14H,7-11H2,1H3,(H,25,28,30)(H2,24,26,27,29). The second kappa shape index (κ2) is 9.57. The van der Waals surface area contributed by atoms with E-state index in [-0.39, 0.29) is 29.7 Å². The molecule has 0 amide bonds. The van der Waals surface area contributed by atoms with Crippen molar-refractivity contribution in [1.29, 1.82) is 0 Å². The monoisotopic (exact) mass is 464 g/mol. The summed E-state index contributed by atoms with van der Waals surface area (Å²) in [5.74, 6) is 0.618. The van der Waals surface area contributed by atoms with Gasteiger partial charge in [0.05, 0.1) is 6.10 Å². The Hall–Kier alpha value is -3.48. The van der Waals surface area contributed by atoms with Crippen molar-refractivity contribution in [3.63, 3.8) is 0 Å². The van der Waals surface area contributed by atoms with E-state index in [0.717, 1.165) is 5.69 Å². The van der Waals surface area contributed by atoms with Crippen LogP contribution in [0.3, 0.4) is 0 Å². The van der Waals surface area contributed by atoms with Gasteiger partial charge in [-0.25, -0.2) is 0 Å². The van der Waals surface area contributed by atoms with Crippen molar-refractivity contribution in [2.45, 2.75) is 44.0 Å². The number of nitrogens with one attached hydrogen (secondary N) is 1. The molecular formula is C20H23F3N8O2. The lowest BCUT2D eigenvalue weighted by Crippen LogP contribution is -2.32. The summed E-state index contributed by atoms with van der Waals surface area (Å²) >= 11 is 0. The van der Waals surface area contributed by atoms with E-state index in [1.165, 1.54) is 0 Å². The highest BCUT2D eigenvalue weighted by atomic mass is 19.4. The summed E-state index contributed by atoms with van der Waals surface area (Å²) in [7, 11) is 1.80. The molecule has 0 saturated heterocycles. The number of nitrogen functional groups attached to an aromatic ring is 1. The number of aromatic nitrogens is 5. The summed E-state index contributed by atoms with van der Waals surface area (Å²) < 4.78 is 47.1. The van der Waals surface area contributed by atoms with Gasteiger partial charge >= 0.3 is 12.2 Å². The van der Waals surface area contributed by atoms with Crippen LogP contribution in [0.25, 0.3) is 11.6 Å². The topological polar surface area (TPSA) is 128 Å². The Labute approximate surface area is 187 Å². The van der Waals surface area contributed by atoms with E-state index >= 15 is 0 Å². The van der Waals surface area contributed by atoms with Crippen molar-refractivity contribution in [1.82, 2.24) is 25.1 Å². The molecule has 0 spiro atoms. The molecule has 13 heteroatoms. The zero-order valence-electron chi connectivity index (χ0n) is 17.8. The summed E-state index contributed by atoms with van der Waals surface area (Å²) in [6.45, 7) is -1.22. The van der Waals surface area contributed by atoms with Crippen LogP contribution in [0.5, 0.6) is 0 Å². The Morgan fingerprint density at radius 3 is 2.48 bits per heavy atom. The number of rotatable bonds is 7. The Morgan fingerprint density at radius 1 is 1.06 bits per heavy atom. The summed E-state index contributed by atoms with van der Waals surface area (Å²) in [6.07, 6.45) is -2.47. The molecular weight excluding hydrogens is 441 g/mol. The van der Waals surface area contributed by atoms with Crippen molar-refractivity contribution in [2.75, 3.05) is 29.6 Å². The normalized spacial score (nSPS) is 18.8. The van der Waals surface area contributed by atoms with E-state index in [2.05, 4.69) is 30.4 Å². The van der Waals surface area contributed by atoms with Gasteiger partial charge in [0.25, 0.3) is 0 Å². The Kier molecular flexibility index (Phi) is 6.58. The molecule has 0 bridgehead atoms. The number of hydrogen-bond acceptors (Lipinski definition) is 10. The first kappa shape index (κ1) is 22.7. The van der Waals surface area contributed by atoms with Crippen molar-refractivity contribution in [3.8, 4) is 11.6 Å². The molecule has 1 aromatic carbocycles. The molecule has 2 heterocycles. The molecule has 1 aliphatic carbocycles. The number of alkyl halides is 3. The van der Waals surface area contributed by atoms with Crippen LogP contribution in [0, 0.1) is 0 Å². The van der Waals surface area contributed by atoms with Crippen LogP contribution in [0.2, 0.25) is 0 Å². The molecule has 1 saturated carbocycles. The molecule has 0 radical (unpaired) electrons. The molecule has 1 aliphatic rings. The average Bonchev–Trinajstić information content (AvgIpc) is 3.26. The van der Waals surface area contributed by atoms with E-state index in [1.54, 1.807) is 11.9 Å². The quantitative estimate of drug-likeness (QED) is 0.535. The van der Waals surface area contributed by atoms with Gasteiger partial charge in [-0.2, -0.15) is 33.1 Å². The van der Waals surface area contributed by atoms with Gasteiger partial charge in [0, 0.05) is 18.8 Å². The lowest BCUT2D eigenvalue weighted by molar-refractivity contribution is -0.187. The maximum absolute atomic E-state index is 12.3. The predicted molar refractivity (Wildman–Crippen MR) is 114 cm³/mol. The Balaban J connectivity index is 1.38. The predicted octanol–water partition coefficient (Wildman–Crippen LogP) is 3.57. The number of ether oxygens (including phenoxy) is 1. The molecule has 1 fully saturated rings. The SMILES string of the molecule is CN(c1ccccc1)c1nc(N)nc(-c2noc(NC3CCC(OCC(F)(F)F)CC3)n2)n1. The van der Waals surface area contributed by atoms with Gasteiger partial charge in [0.1, 0.15) is 6.61 Å². The molecule has 0 aliphatic heterocycles. The van der Waals surface area contributed by atoms with Crippen LogP contribution in [0.4, 0.5) is 36.8 Å². The van der Waals surface area contributed by atoms with Gasteiger partial charge < -0.3 is 25.2 Å². The smallest absolute Gasteiger partial charge is 0.369 e. The first-order valence-corrected chi connectivity index (χ1v) is 10.4. The minimum absolute atomic E-state index is 0.00858. The maximum atomic E-state index is 12.3. The van der Waals surface area contributed by atoms with Gasteiger partial charge in [-0.3, -0.25) is 0 Å². The third kappa shape index (κ3) is 6.06. The first-order chi connectivity index (χ1) is 15.8. The third-order valence-electron chi connectivity index (χ3n) is 5.19. The summed E-state index contributed by atoms with van der Waals surface area (Å²) in [6, 6.07) is 9.64. The number of hydrogen-bond donors (Lipinski definition) is 2. The number of nitrogens with zero attached hydrogens (tertiary/aromatic N) is 6. The Bertz CT molecular complexity index is 1050. The highest BCUT2D eigenvalue weighted by Gasteiger charge is 2.31. The van der Waals surface area contributed by atoms with Crippen molar-refractivity contribution in [2.24, 2.45) is 0 Å². The van der Waals surface area contributed by atoms with Crippen LogP contribution < -0.4 is 16.0 Å². The number of nitrogens with two attached hydrogens (primary N) is 1. The highest BCUT2D eigenvalue weighted by Crippen LogP contribution is 2.27. The Morgan fingerprint density at radius 2 is 1.79 bits per heavy atom. The fraction of sp³-hybridized carbons (Fsp3) is 0.450. The van der Waals surface area contributed by atoms with Crippen LogP contribution in [0.15, 0.2) is 34.9 Å². The van der Waals surface area contributed by atoms with Crippen molar-refractivity contribution < 1.29 is 22.4 Å². The van der Waals surface area contributed by atoms with Crippen molar-refractivity contribution >= 4 is 23.6 Å². The number of para-hydroxylation sites is 1. The van der Waals surface area contributed by atoms with Crippen LogP contribution >= 0.6 is 0 Å². The molecule has 4 rings (SSSR count). The summed E-state index contributed by atoms with van der Waals surface area (Å²) in [5, 5.41) is 7.02. The molecule has 176 valence electrons.